The lowest BCUT2D eigenvalue weighted by Gasteiger charge is -2.30. The summed E-state index contributed by atoms with van der Waals surface area (Å²) in [6, 6.07) is 2.79. The van der Waals surface area contributed by atoms with Gasteiger partial charge in [-0.2, -0.15) is 0 Å². The number of aromatic nitrogens is 2. The predicted octanol–water partition coefficient (Wildman–Crippen LogP) is 2.26. The van der Waals surface area contributed by atoms with Gasteiger partial charge in [0, 0.05) is 18.2 Å². The van der Waals surface area contributed by atoms with Gasteiger partial charge >= 0.3 is 0 Å². The van der Waals surface area contributed by atoms with Crippen LogP contribution in [0, 0.1) is 19.7 Å². The van der Waals surface area contributed by atoms with Crippen LogP contribution in [0.2, 0.25) is 0 Å². The molecule has 23 heavy (non-hydrogen) atoms. The number of halogens is 1. The third kappa shape index (κ3) is 3.17. The van der Waals surface area contributed by atoms with Gasteiger partial charge in [0.15, 0.2) is 0 Å². The number of hydrogen-bond donors (Lipinski definition) is 2. The van der Waals surface area contributed by atoms with Crippen LogP contribution in [0.1, 0.15) is 41.5 Å². The van der Waals surface area contributed by atoms with Gasteiger partial charge in [0.25, 0.3) is 5.91 Å². The molecule has 0 radical (unpaired) electrons. The molecule has 1 fully saturated rings. The molecular formula is C17H21FN4O. The number of amides is 1. The van der Waals surface area contributed by atoms with Crippen molar-refractivity contribution < 1.29 is 9.18 Å². The molecule has 0 saturated carbocycles. The summed E-state index contributed by atoms with van der Waals surface area (Å²) in [5.41, 5.74) is 2.58. The molecule has 3 rings (SSSR count). The van der Waals surface area contributed by atoms with Crippen LogP contribution >= 0.6 is 0 Å². The molecule has 2 aromatic rings. The van der Waals surface area contributed by atoms with Gasteiger partial charge < -0.3 is 10.6 Å². The normalized spacial score (nSPS) is 21.4. The van der Waals surface area contributed by atoms with E-state index >= 15 is 0 Å². The molecule has 0 bridgehead atoms. The summed E-state index contributed by atoms with van der Waals surface area (Å²) in [7, 11) is 0. The van der Waals surface area contributed by atoms with Crippen LogP contribution in [0.25, 0.3) is 11.0 Å². The third-order valence-corrected chi connectivity index (χ3v) is 4.47. The van der Waals surface area contributed by atoms with E-state index in [1.165, 1.54) is 12.1 Å². The highest BCUT2D eigenvalue weighted by atomic mass is 19.1. The van der Waals surface area contributed by atoms with Gasteiger partial charge in [-0.05, 0) is 46.2 Å². The fourth-order valence-corrected chi connectivity index (χ4v) is 2.96. The highest BCUT2D eigenvalue weighted by molar-refractivity contribution is 6.04. The lowest BCUT2D eigenvalue weighted by atomic mass is 9.99. The van der Waals surface area contributed by atoms with Crippen molar-refractivity contribution in [2.45, 2.75) is 45.7 Å². The number of nitrogens with one attached hydrogen (secondary N) is 2. The number of rotatable bonds is 2. The van der Waals surface area contributed by atoms with Gasteiger partial charge in [0.1, 0.15) is 11.3 Å². The number of piperidine rings is 1. The molecule has 2 N–H and O–H groups in total. The van der Waals surface area contributed by atoms with Crippen molar-refractivity contribution in [1.82, 2.24) is 20.6 Å². The molecule has 122 valence electrons. The van der Waals surface area contributed by atoms with E-state index in [-0.39, 0.29) is 23.6 Å². The van der Waals surface area contributed by atoms with Crippen LogP contribution in [-0.2, 0) is 0 Å². The first-order valence-electron chi connectivity index (χ1n) is 7.94. The van der Waals surface area contributed by atoms with Crippen LogP contribution in [0.4, 0.5) is 4.39 Å². The summed E-state index contributed by atoms with van der Waals surface area (Å²) in [4.78, 5) is 21.4. The SMILES string of the molecule is Cc1nc2cc(F)cc(C(=O)NC3CCCNC3C)c2nc1C. The summed E-state index contributed by atoms with van der Waals surface area (Å²) in [5, 5.41) is 6.34. The lowest BCUT2D eigenvalue weighted by molar-refractivity contribution is 0.0921. The highest BCUT2D eigenvalue weighted by Crippen LogP contribution is 2.20. The summed E-state index contributed by atoms with van der Waals surface area (Å²) in [6.07, 6.45) is 1.92. The zero-order chi connectivity index (χ0) is 16.6. The van der Waals surface area contributed by atoms with Gasteiger partial charge in [-0.1, -0.05) is 0 Å². The lowest BCUT2D eigenvalue weighted by Crippen LogP contribution is -2.51. The molecule has 1 aromatic carbocycles. The maximum atomic E-state index is 13.9. The molecule has 1 aliphatic rings. The van der Waals surface area contributed by atoms with E-state index in [9.17, 15) is 9.18 Å². The van der Waals surface area contributed by atoms with E-state index < -0.39 is 5.82 Å². The monoisotopic (exact) mass is 316 g/mol. The van der Waals surface area contributed by atoms with Crippen molar-refractivity contribution in [1.29, 1.82) is 0 Å². The molecule has 6 heteroatoms. The minimum Gasteiger partial charge on any atom is -0.348 e. The molecular weight excluding hydrogens is 295 g/mol. The quantitative estimate of drug-likeness (QED) is 0.892. The zero-order valence-corrected chi connectivity index (χ0v) is 13.6. The van der Waals surface area contributed by atoms with E-state index in [2.05, 4.69) is 20.6 Å². The van der Waals surface area contributed by atoms with Crippen LogP contribution in [-0.4, -0.2) is 34.5 Å². The Bertz CT molecular complexity index is 762. The number of fused-ring (bicyclic) bond motifs is 1. The van der Waals surface area contributed by atoms with E-state index in [1.54, 1.807) is 0 Å². The first-order chi connectivity index (χ1) is 11.0. The average Bonchev–Trinajstić information content (AvgIpc) is 2.50. The van der Waals surface area contributed by atoms with Gasteiger partial charge in [-0.15, -0.1) is 0 Å². The summed E-state index contributed by atoms with van der Waals surface area (Å²) < 4.78 is 13.9. The number of aryl methyl sites for hydroxylation is 2. The van der Waals surface area contributed by atoms with Crippen molar-refractivity contribution >= 4 is 16.9 Å². The molecule has 1 aliphatic heterocycles. The Morgan fingerprint density at radius 3 is 2.78 bits per heavy atom. The Balaban J connectivity index is 1.97. The van der Waals surface area contributed by atoms with E-state index in [0.29, 0.717) is 11.0 Å². The second-order valence-electron chi connectivity index (χ2n) is 6.18. The molecule has 2 heterocycles. The van der Waals surface area contributed by atoms with Crippen molar-refractivity contribution in [2.24, 2.45) is 0 Å². The van der Waals surface area contributed by atoms with Crippen LogP contribution < -0.4 is 10.6 Å². The number of carbonyl (C=O) groups is 1. The summed E-state index contributed by atoms with van der Waals surface area (Å²) in [5.74, 6) is -0.775. The van der Waals surface area contributed by atoms with Crippen LogP contribution in [0.15, 0.2) is 12.1 Å². The van der Waals surface area contributed by atoms with Crippen molar-refractivity contribution in [3.8, 4) is 0 Å². The minimum atomic E-state index is -0.477. The first-order valence-corrected chi connectivity index (χ1v) is 7.94. The molecule has 1 saturated heterocycles. The minimum absolute atomic E-state index is 0.0362. The Kier molecular flexibility index (Phi) is 4.26. The Morgan fingerprint density at radius 2 is 2.04 bits per heavy atom. The zero-order valence-electron chi connectivity index (χ0n) is 13.6. The molecule has 1 amide bonds. The van der Waals surface area contributed by atoms with E-state index in [1.807, 2.05) is 20.8 Å². The van der Waals surface area contributed by atoms with Gasteiger partial charge in [0.05, 0.1) is 22.5 Å². The first kappa shape index (κ1) is 15.8. The Hall–Kier alpha value is -2.08. The predicted molar refractivity (Wildman–Crippen MR) is 86.9 cm³/mol. The smallest absolute Gasteiger partial charge is 0.253 e. The van der Waals surface area contributed by atoms with Crippen LogP contribution in [0.5, 0.6) is 0 Å². The number of hydrogen-bond acceptors (Lipinski definition) is 4. The van der Waals surface area contributed by atoms with Crippen molar-refractivity contribution in [3.05, 3.63) is 34.9 Å². The van der Waals surface area contributed by atoms with E-state index in [4.69, 9.17) is 0 Å². The third-order valence-electron chi connectivity index (χ3n) is 4.47. The summed E-state index contributed by atoms with van der Waals surface area (Å²) >= 11 is 0. The molecule has 0 spiro atoms. The van der Waals surface area contributed by atoms with Gasteiger partial charge in [-0.25, -0.2) is 14.4 Å². The number of nitrogens with zero attached hydrogens (tertiary/aromatic N) is 2. The van der Waals surface area contributed by atoms with Crippen molar-refractivity contribution in [2.75, 3.05) is 6.54 Å². The molecule has 0 aliphatic carbocycles. The maximum Gasteiger partial charge on any atom is 0.253 e. The standard InChI is InChI=1S/C17H21FN4O/c1-9-10(2)21-16-13(7-12(18)8-15(16)20-9)17(23)22-14-5-4-6-19-11(14)3/h7-8,11,14,19H,4-6H2,1-3H3,(H,22,23). The number of benzene rings is 1. The second kappa shape index (κ2) is 6.20. The topological polar surface area (TPSA) is 66.9 Å². The highest BCUT2D eigenvalue weighted by Gasteiger charge is 2.24. The maximum absolute atomic E-state index is 13.9. The molecule has 2 atom stereocenters. The molecule has 5 nitrogen and oxygen atoms in total. The fraction of sp³-hybridized carbons (Fsp3) is 0.471. The Morgan fingerprint density at radius 1 is 1.30 bits per heavy atom. The number of carbonyl (C=O) groups excluding carboxylic acids is 1. The van der Waals surface area contributed by atoms with E-state index in [0.717, 1.165) is 30.8 Å². The van der Waals surface area contributed by atoms with Gasteiger partial charge in [0.2, 0.25) is 0 Å². The Labute approximate surface area is 134 Å². The molecule has 1 aromatic heterocycles. The fourth-order valence-electron chi connectivity index (χ4n) is 2.96. The largest absolute Gasteiger partial charge is 0.348 e. The van der Waals surface area contributed by atoms with Crippen LogP contribution in [0.3, 0.4) is 0 Å². The van der Waals surface area contributed by atoms with Crippen molar-refractivity contribution in [3.63, 3.8) is 0 Å². The van der Waals surface area contributed by atoms with Gasteiger partial charge in [-0.3, -0.25) is 4.79 Å². The average molecular weight is 316 g/mol. The molecule has 2 unspecified atom stereocenters. The summed E-state index contributed by atoms with van der Waals surface area (Å²) in [6.45, 7) is 6.66. The second-order valence-corrected chi connectivity index (χ2v) is 6.18.